The largest absolute Gasteiger partial charge is 0.294 e. The van der Waals surface area contributed by atoms with Crippen molar-refractivity contribution in [1.82, 2.24) is 14.9 Å². The molecule has 3 heteroatoms. The van der Waals surface area contributed by atoms with Gasteiger partial charge in [0.2, 0.25) is 0 Å². The van der Waals surface area contributed by atoms with Crippen molar-refractivity contribution in [2.45, 2.75) is 52.1 Å². The van der Waals surface area contributed by atoms with Crippen LogP contribution in [0.15, 0.2) is 24.4 Å². The third kappa shape index (κ3) is 2.66. The summed E-state index contributed by atoms with van der Waals surface area (Å²) in [6.07, 6.45) is 5.68. The van der Waals surface area contributed by atoms with E-state index >= 15 is 0 Å². The van der Waals surface area contributed by atoms with Crippen LogP contribution in [0.1, 0.15) is 52.5 Å². The van der Waals surface area contributed by atoms with Crippen molar-refractivity contribution in [3.8, 4) is 0 Å². The zero-order valence-corrected chi connectivity index (χ0v) is 13.5. The Hall–Kier alpha value is -1.74. The number of benzene rings is 1. The maximum atomic E-state index is 4.81. The minimum atomic E-state index is 0.651. The van der Waals surface area contributed by atoms with Crippen molar-refractivity contribution in [3.63, 3.8) is 0 Å². The highest BCUT2D eigenvalue weighted by molar-refractivity contribution is 5.33. The van der Waals surface area contributed by atoms with Crippen molar-refractivity contribution < 1.29 is 0 Å². The lowest BCUT2D eigenvalue weighted by atomic mass is 10.0. The number of aryl methyl sites for hydroxylation is 2. The second-order valence-corrected chi connectivity index (χ2v) is 6.81. The van der Waals surface area contributed by atoms with Gasteiger partial charge in [0.25, 0.3) is 0 Å². The van der Waals surface area contributed by atoms with Crippen LogP contribution >= 0.6 is 0 Å². The van der Waals surface area contributed by atoms with E-state index in [1.54, 1.807) is 0 Å². The van der Waals surface area contributed by atoms with Crippen molar-refractivity contribution in [3.05, 3.63) is 58.2 Å². The Labute approximate surface area is 132 Å². The molecule has 1 fully saturated rings. The van der Waals surface area contributed by atoms with Gasteiger partial charge in [-0.15, -0.1) is 0 Å². The first-order chi connectivity index (χ1) is 10.7. The average molecular weight is 293 g/mol. The summed E-state index contributed by atoms with van der Waals surface area (Å²) in [5.74, 6) is 1.74. The highest BCUT2D eigenvalue weighted by Crippen LogP contribution is 2.38. The Kier molecular flexibility index (Phi) is 3.45. The second-order valence-electron chi connectivity index (χ2n) is 6.81. The lowest BCUT2D eigenvalue weighted by Crippen LogP contribution is -2.31. The number of hydrogen-bond donors (Lipinski definition) is 0. The molecule has 2 aliphatic rings. The molecule has 0 unspecified atom stereocenters. The summed E-state index contributed by atoms with van der Waals surface area (Å²) in [5.41, 5.74) is 6.87. The molecule has 22 heavy (non-hydrogen) atoms. The van der Waals surface area contributed by atoms with Gasteiger partial charge in [-0.2, -0.15) is 0 Å². The van der Waals surface area contributed by atoms with Crippen molar-refractivity contribution in [2.24, 2.45) is 0 Å². The van der Waals surface area contributed by atoms with Gasteiger partial charge >= 0.3 is 0 Å². The third-order valence-electron chi connectivity index (χ3n) is 5.00. The fourth-order valence-corrected chi connectivity index (χ4v) is 3.39. The highest BCUT2D eigenvalue weighted by Gasteiger charge is 2.28. The predicted octanol–water partition coefficient (Wildman–Crippen LogP) is 3.53. The summed E-state index contributed by atoms with van der Waals surface area (Å²) in [5, 5.41) is 0. The highest BCUT2D eigenvalue weighted by atomic mass is 15.1. The summed E-state index contributed by atoms with van der Waals surface area (Å²) >= 11 is 0. The molecule has 1 aliphatic heterocycles. The molecule has 0 bridgehead atoms. The van der Waals surface area contributed by atoms with Gasteiger partial charge in [-0.3, -0.25) is 4.90 Å². The molecule has 0 radical (unpaired) electrons. The molecule has 0 N–H and O–H groups in total. The molecule has 3 nitrogen and oxygen atoms in total. The first-order valence-corrected chi connectivity index (χ1v) is 8.33. The minimum absolute atomic E-state index is 0.651. The molecule has 4 rings (SSSR count). The fourth-order valence-electron chi connectivity index (χ4n) is 3.39. The van der Waals surface area contributed by atoms with Crippen LogP contribution in [0.25, 0.3) is 0 Å². The average Bonchev–Trinajstić information content (AvgIpc) is 3.35. The number of aromatic nitrogens is 2. The molecule has 0 saturated heterocycles. The smallest absolute Gasteiger partial charge is 0.131 e. The lowest BCUT2D eigenvalue weighted by molar-refractivity contribution is 0.241. The molecule has 114 valence electrons. The molecule has 1 saturated carbocycles. The van der Waals surface area contributed by atoms with Gasteiger partial charge in [0, 0.05) is 49.4 Å². The van der Waals surface area contributed by atoms with E-state index in [0.29, 0.717) is 5.92 Å². The molecule has 0 atom stereocenters. The van der Waals surface area contributed by atoms with Crippen LogP contribution < -0.4 is 0 Å². The van der Waals surface area contributed by atoms with E-state index in [1.807, 2.05) is 0 Å². The van der Waals surface area contributed by atoms with Crippen molar-refractivity contribution in [1.29, 1.82) is 0 Å². The van der Waals surface area contributed by atoms with Crippen LogP contribution in [0, 0.1) is 13.8 Å². The van der Waals surface area contributed by atoms with Crippen LogP contribution in [0.3, 0.4) is 0 Å². The van der Waals surface area contributed by atoms with E-state index in [-0.39, 0.29) is 0 Å². The fraction of sp³-hybridized carbons (Fsp3) is 0.474. The molecule has 1 aromatic heterocycles. The van der Waals surface area contributed by atoms with Crippen molar-refractivity contribution in [2.75, 3.05) is 6.54 Å². The van der Waals surface area contributed by atoms with Crippen LogP contribution in [-0.2, 0) is 19.5 Å². The molecular weight excluding hydrogens is 270 g/mol. The van der Waals surface area contributed by atoms with E-state index in [0.717, 1.165) is 31.9 Å². The van der Waals surface area contributed by atoms with Gasteiger partial charge in [-0.25, -0.2) is 9.97 Å². The van der Waals surface area contributed by atoms with Crippen LogP contribution in [-0.4, -0.2) is 21.4 Å². The molecule has 0 amide bonds. The van der Waals surface area contributed by atoms with E-state index in [1.165, 1.54) is 40.8 Å². The number of hydrogen-bond acceptors (Lipinski definition) is 3. The first kappa shape index (κ1) is 13.9. The third-order valence-corrected chi connectivity index (χ3v) is 5.00. The van der Waals surface area contributed by atoms with E-state index in [4.69, 9.17) is 4.98 Å². The molecule has 2 aromatic rings. The Bertz CT molecular complexity index is 684. The maximum absolute atomic E-state index is 4.81. The normalized spacial score (nSPS) is 18.3. The topological polar surface area (TPSA) is 29.0 Å². The Morgan fingerprint density at radius 3 is 2.68 bits per heavy atom. The Morgan fingerprint density at radius 2 is 1.95 bits per heavy atom. The quantitative estimate of drug-likeness (QED) is 0.867. The van der Waals surface area contributed by atoms with Gasteiger partial charge in [0.15, 0.2) is 0 Å². The van der Waals surface area contributed by atoms with Gasteiger partial charge in [0.05, 0.1) is 0 Å². The maximum Gasteiger partial charge on any atom is 0.131 e. The van der Waals surface area contributed by atoms with Crippen LogP contribution in [0.2, 0.25) is 0 Å². The molecular formula is C19H23N3. The van der Waals surface area contributed by atoms with Gasteiger partial charge in [-0.1, -0.05) is 18.2 Å². The Morgan fingerprint density at radius 1 is 1.18 bits per heavy atom. The Balaban J connectivity index is 1.52. The van der Waals surface area contributed by atoms with Crippen molar-refractivity contribution >= 4 is 0 Å². The standard InChI is InChI=1S/C19H23N3/c1-13-4-3-5-14(2)17(13)12-22-9-8-18-16(11-22)10-20-19(21-18)15-6-7-15/h3-5,10,15H,6-9,11-12H2,1-2H3. The monoisotopic (exact) mass is 293 g/mol. The molecule has 1 aliphatic carbocycles. The van der Waals surface area contributed by atoms with E-state index < -0.39 is 0 Å². The van der Waals surface area contributed by atoms with Gasteiger partial charge in [0.1, 0.15) is 5.82 Å². The first-order valence-electron chi connectivity index (χ1n) is 8.33. The van der Waals surface area contributed by atoms with Crippen LogP contribution in [0.5, 0.6) is 0 Å². The summed E-state index contributed by atoms with van der Waals surface area (Å²) in [6.45, 7) is 7.54. The van der Waals surface area contributed by atoms with Gasteiger partial charge in [-0.05, 0) is 43.4 Å². The van der Waals surface area contributed by atoms with Crippen LogP contribution in [0.4, 0.5) is 0 Å². The van der Waals surface area contributed by atoms with E-state index in [2.05, 4.69) is 48.1 Å². The predicted molar refractivity (Wildman–Crippen MR) is 87.7 cm³/mol. The molecule has 0 spiro atoms. The minimum Gasteiger partial charge on any atom is -0.294 e. The van der Waals surface area contributed by atoms with E-state index in [9.17, 15) is 0 Å². The number of rotatable bonds is 3. The molecule has 2 heterocycles. The zero-order valence-electron chi connectivity index (χ0n) is 13.5. The zero-order chi connectivity index (χ0) is 15.1. The second kappa shape index (κ2) is 5.47. The number of fused-ring (bicyclic) bond motifs is 1. The van der Waals surface area contributed by atoms with Gasteiger partial charge < -0.3 is 0 Å². The SMILES string of the molecule is Cc1cccc(C)c1CN1CCc2nc(C3CC3)ncc2C1. The summed E-state index contributed by atoms with van der Waals surface area (Å²) in [4.78, 5) is 11.9. The number of nitrogens with zero attached hydrogens (tertiary/aromatic N) is 3. The lowest BCUT2D eigenvalue weighted by Gasteiger charge is -2.29. The summed E-state index contributed by atoms with van der Waals surface area (Å²) in [7, 11) is 0. The summed E-state index contributed by atoms with van der Waals surface area (Å²) < 4.78 is 0. The molecule has 1 aromatic carbocycles. The summed E-state index contributed by atoms with van der Waals surface area (Å²) in [6, 6.07) is 6.57.